The van der Waals surface area contributed by atoms with Crippen LogP contribution in [0.15, 0.2) is 30.3 Å². The number of hydrogen-bond donors (Lipinski definition) is 2. The van der Waals surface area contributed by atoms with E-state index in [1.807, 2.05) is 18.2 Å². The van der Waals surface area contributed by atoms with Gasteiger partial charge in [-0.05, 0) is 30.7 Å². The summed E-state index contributed by atoms with van der Waals surface area (Å²) >= 11 is 0. The molecule has 27 heavy (non-hydrogen) atoms. The standard InChI is InChI=1S/C19H25F2N3O2.ClH/c20-19(21)11-16(23-13-19)18(26)22-12-17(25)24-8-6-15(7-9-24)10-14-4-2-1-3-5-14;/h1-5,15-16,23H,6-13H2,(H,22,26);1H. The van der Waals surface area contributed by atoms with E-state index in [4.69, 9.17) is 0 Å². The highest BCUT2D eigenvalue weighted by Gasteiger charge is 2.42. The molecular formula is C19H26ClF2N3O2. The van der Waals surface area contributed by atoms with Crippen molar-refractivity contribution in [1.82, 2.24) is 15.5 Å². The second kappa shape index (κ2) is 9.46. The van der Waals surface area contributed by atoms with Crippen molar-refractivity contribution in [1.29, 1.82) is 0 Å². The molecule has 2 heterocycles. The number of nitrogens with one attached hydrogen (secondary N) is 2. The Kier molecular flexibility index (Phi) is 7.56. The lowest BCUT2D eigenvalue weighted by Crippen LogP contribution is -2.47. The molecule has 0 radical (unpaired) electrons. The van der Waals surface area contributed by atoms with Crippen LogP contribution in [0.25, 0.3) is 0 Å². The van der Waals surface area contributed by atoms with E-state index in [0.717, 1.165) is 19.3 Å². The predicted molar refractivity (Wildman–Crippen MR) is 101 cm³/mol. The van der Waals surface area contributed by atoms with Crippen LogP contribution < -0.4 is 10.6 Å². The molecule has 2 saturated heterocycles. The highest BCUT2D eigenvalue weighted by molar-refractivity contribution is 5.87. The molecular weight excluding hydrogens is 376 g/mol. The number of nitrogens with zero attached hydrogens (tertiary/aromatic N) is 1. The lowest BCUT2D eigenvalue weighted by Gasteiger charge is -2.32. The number of halogens is 3. The molecule has 0 saturated carbocycles. The maximum atomic E-state index is 13.1. The van der Waals surface area contributed by atoms with E-state index < -0.39 is 30.8 Å². The summed E-state index contributed by atoms with van der Waals surface area (Å²) in [7, 11) is 0. The molecule has 0 aromatic heterocycles. The number of carbonyl (C=O) groups is 2. The first-order valence-corrected chi connectivity index (χ1v) is 9.13. The number of carbonyl (C=O) groups excluding carboxylic acids is 2. The van der Waals surface area contributed by atoms with Crippen molar-refractivity contribution in [2.45, 2.75) is 37.6 Å². The summed E-state index contributed by atoms with van der Waals surface area (Å²) in [6, 6.07) is 9.38. The highest BCUT2D eigenvalue weighted by atomic mass is 35.5. The van der Waals surface area contributed by atoms with Crippen LogP contribution in [0.5, 0.6) is 0 Å². The van der Waals surface area contributed by atoms with Crippen LogP contribution in [0.2, 0.25) is 0 Å². The number of hydrogen-bond acceptors (Lipinski definition) is 3. The molecule has 8 heteroatoms. The summed E-state index contributed by atoms with van der Waals surface area (Å²) < 4.78 is 26.2. The van der Waals surface area contributed by atoms with Gasteiger partial charge in [0, 0.05) is 19.5 Å². The zero-order chi connectivity index (χ0) is 18.6. The zero-order valence-electron chi connectivity index (χ0n) is 15.1. The number of amides is 2. The minimum atomic E-state index is -2.85. The molecule has 5 nitrogen and oxygen atoms in total. The smallest absolute Gasteiger partial charge is 0.262 e. The Morgan fingerprint density at radius 3 is 2.44 bits per heavy atom. The zero-order valence-corrected chi connectivity index (χ0v) is 15.9. The Morgan fingerprint density at radius 1 is 1.19 bits per heavy atom. The topological polar surface area (TPSA) is 61.4 Å². The fraction of sp³-hybridized carbons (Fsp3) is 0.579. The SMILES string of the molecule is Cl.O=C(NCC(=O)N1CCC(Cc2ccccc2)CC1)C1CC(F)(F)CN1. The largest absolute Gasteiger partial charge is 0.346 e. The van der Waals surface area contributed by atoms with Gasteiger partial charge in [-0.3, -0.25) is 14.9 Å². The first-order valence-electron chi connectivity index (χ1n) is 9.13. The monoisotopic (exact) mass is 401 g/mol. The summed E-state index contributed by atoms with van der Waals surface area (Å²) in [5, 5.41) is 4.98. The summed E-state index contributed by atoms with van der Waals surface area (Å²) in [4.78, 5) is 25.9. The highest BCUT2D eigenvalue weighted by Crippen LogP contribution is 2.25. The average Bonchev–Trinajstić information content (AvgIpc) is 3.01. The summed E-state index contributed by atoms with van der Waals surface area (Å²) in [5.41, 5.74) is 1.31. The number of alkyl halides is 2. The molecule has 2 N–H and O–H groups in total. The third-order valence-electron chi connectivity index (χ3n) is 5.17. The normalized spacial score (nSPS) is 22.1. The molecule has 1 aromatic rings. The van der Waals surface area contributed by atoms with Crippen LogP contribution >= 0.6 is 12.4 Å². The summed E-state index contributed by atoms with van der Waals surface area (Å²) in [5.74, 6) is -2.98. The number of rotatable bonds is 5. The van der Waals surface area contributed by atoms with Gasteiger partial charge in [-0.25, -0.2) is 8.78 Å². The Balaban J connectivity index is 0.00000261. The number of piperidine rings is 1. The van der Waals surface area contributed by atoms with E-state index >= 15 is 0 Å². The molecule has 1 atom stereocenters. The van der Waals surface area contributed by atoms with Gasteiger partial charge in [-0.2, -0.15) is 0 Å². The van der Waals surface area contributed by atoms with Crippen molar-refractivity contribution in [2.75, 3.05) is 26.2 Å². The first-order chi connectivity index (χ1) is 12.4. The fourth-order valence-corrected chi connectivity index (χ4v) is 3.63. The molecule has 0 bridgehead atoms. The third kappa shape index (κ3) is 6.14. The van der Waals surface area contributed by atoms with E-state index in [2.05, 4.69) is 22.8 Å². The minimum absolute atomic E-state index is 0. The molecule has 0 aliphatic carbocycles. The summed E-state index contributed by atoms with van der Waals surface area (Å²) in [6.07, 6.45) is 2.37. The minimum Gasteiger partial charge on any atom is -0.346 e. The molecule has 2 aliphatic rings. The van der Waals surface area contributed by atoms with Crippen molar-refractivity contribution < 1.29 is 18.4 Å². The van der Waals surface area contributed by atoms with Crippen LogP contribution in [0.1, 0.15) is 24.8 Å². The van der Waals surface area contributed by atoms with Crippen LogP contribution in [0.4, 0.5) is 8.78 Å². The molecule has 2 amide bonds. The van der Waals surface area contributed by atoms with Gasteiger partial charge in [0.2, 0.25) is 11.8 Å². The third-order valence-corrected chi connectivity index (χ3v) is 5.17. The van der Waals surface area contributed by atoms with Gasteiger partial charge < -0.3 is 10.2 Å². The molecule has 2 fully saturated rings. The predicted octanol–water partition coefficient (Wildman–Crippen LogP) is 2.00. The molecule has 150 valence electrons. The van der Waals surface area contributed by atoms with E-state index in [9.17, 15) is 18.4 Å². The molecule has 3 rings (SSSR count). The van der Waals surface area contributed by atoms with E-state index in [-0.39, 0.29) is 24.9 Å². The van der Waals surface area contributed by atoms with Crippen molar-refractivity contribution in [3.63, 3.8) is 0 Å². The van der Waals surface area contributed by atoms with Crippen molar-refractivity contribution >= 4 is 24.2 Å². The second-order valence-corrected chi connectivity index (χ2v) is 7.23. The van der Waals surface area contributed by atoms with Gasteiger partial charge in [-0.15, -0.1) is 12.4 Å². The van der Waals surface area contributed by atoms with Gasteiger partial charge >= 0.3 is 0 Å². The number of benzene rings is 1. The van der Waals surface area contributed by atoms with Crippen LogP contribution in [-0.2, 0) is 16.0 Å². The van der Waals surface area contributed by atoms with Crippen LogP contribution in [-0.4, -0.2) is 54.9 Å². The van der Waals surface area contributed by atoms with Crippen LogP contribution in [0.3, 0.4) is 0 Å². The van der Waals surface area contributed by atoms with Crippen molar-refractivity contribution in [3.05, 3.63) is 35.9 Å². The molecule has 1 unspecified atom stereocenters. The van der Waals surface area contributed by atoms with Crippen molar-refractivity contribution in [2.24, 2.45) is 5.92 Å². The van der Waals surface area contributed by atoms with Gasteiger partial charge in [0.05, 0.1) is 19.1 Å². The van der Waals surface area contributed by atoms with Crippen LogP contribution in [0, 0.1) is 5.92 Å². The average molecular weight is 402 g/mol. The quantitative estimate of drug-likeness (QED) is 0.793. The second-order valence-electron chi connectivity index (χ2n) is 7.23. The Labute approximate surface area is 164 Å². The Hall–Kier alpha value is -1.73. The van der Waals surface area contributed by atoms with Crippen molar-refractivity contribution in [3.8, 4) is 0 Å². The van der Waals surface area contributed by atoms with Gasteiger partial charge in [0.1, 0.15) is 0 Å². The Bertz CT molecular complexity index is 637. The van der Waals surface area contributed by atoms with Gasteiger partial charge in [0.25, 0.3) is 5.92 Å². The maximum Gasteiger partial charge on any atom is 0.262 e. The molecule has 1 aromatic carbocycles. The first kappa shape index (κ1) is 21.6. The maximum absolute atomic E-state index is 13.1. The molecule has 2 aliphatic heterocycles. The van der Waals surface area contributed by atoms with E-state index in [0.29, 0.717) is 19.0 Å². The Morgan fingerprint density at radius 2 is 1.85 bits per heavy atom. The lowest BCUT2D eigenvalue weighted by atomic mass is 9.90. The van der Waals surface area contributed by atoms with E-state index in [1.165, 1.54) is 5.56 Å². The van der Waals surface area contributed by atoms with Gasteiger partial charge in [0.15, 0.2) is 0 Å². The number of likely N-dealkylation sites (tertiary alicyclic amines) is 1. The lowest BCUT2D eigenvalue weighted by molar-refractivity contribution is -0.134. The molecule has 0 spiro atoms. The van der Waals surface area contributed by atoms with Gasteiger partial charge in [-0.1, -0.05) is 30.3 Å². The van der Waals surface area contributed by atoms with E-state index in [1.54, 1.807) is 4.90 Å². The summed E-state index contributed by atoms with van der Waals surface area (Å²) in [6.45, 7) is 0.720. The fourth-order valence-electron chi connectivity index (χ4n) is 3.63.